The topological polar surface area (TPSA) is 79.2 Å². The van der Waals surface area contributed by atoms with E-state index in [1.807, 2.05) is 13.8 Å². The van der Waals surface area contributed by atoms with Gasteiger partial charge in [-0.15, -0.1) is 0 Å². The van der Waals surface area contributed by atoms with E-state index in [4.69, 9.17) is 19.7 Å². The molecule has 0 aromatic carbocycles. The van der Waals surface area contributed by atoms with E-state index in [0.717, 1.165) is 51.4 Å². The summed E-state index contributed by atoms with van der Waals surface area (Å²) in [6, 6.07) is 0. The van der Waals surface area contributed by atoms with Crippen molar-refractivity contribution in [1.82, 2.24) is 0 Å². The van der Waals surface area contributed by atoms with Crippen LogP contribution in [0.2, 0.25) is 0 Å². The fourth-order valence-corrected chi connectivity index (χ4v) is 2.78. The van der Waals surface area contributed by atoms with Crippen LogP contribution < -0.4 is 0 Å². The second kappa shape index (κ2) is 10.5. The van der Waals surface area contributed by atoms with Crippen molar-refractivity contribution in [3.63, 3.8) is 0 Å². The van der Waals surface area contributed by atoms with Crippen molar-refractivity contribution in [1.29, 1.82) is 0 Å². The van der Waals surface area contributed by atoms with E-state index in [9.17, 15) is 5.11 Å². The van der Waals surface area contributed by atoms with E-state index < -0.39 is 0 Å². The van der Waals surface area contributed by atoms with Crippen molar-refractivity contribution < 1.29 is 24.8 Å². The Bertz CT molecular complexity index is 235. The van der Waals surface area contributed by atoms with Gasteiger partial charge in [0, 0.05) is 6.61 Å². The third kappa shape index (κ3) is 8.73. The van der Waals surface area contributed by atoms with Gasteiger partial charge in [0.2, 0.25) is 0 Å². The first-order valence-corrected chi connectivity index (χ1v) is 8.32. The Kier molecular flexibility index (Phi) is 9.44. The highest BCUT2D eigenvalue weighted by Crippen LogP contribution is 2.22. The van der Waals surface area contributed by atoms with Gasteiger partial charge in [-0.1, -0.05) is 0 Å². The Labute approximate surface area is 128 Å². The van der Waals surface area contributed by atoms with Gasteiger partial charge in [-0.05, 0) is 65.2 Å². The summed E-state index contributed by atoms with van der Waals surface area (Å²) < 4.78 is 10.9. The van der Waals surface area contributed by atoms with Crippen LogP contribution in [-0.4, -0.2) is 52.6 Å². The standard InChI is InChI=1S/C10H20O3.C6H12O2/c1-3-12-8(2)13-10-6-4-9(11)5-7-10;7-5-1-2-6(8)4-3-5/h8-11H,3-7H2,1-2H3;5-8H,1-4H2. The molecule has 0 aromatic rings. The lowest BCUT2D eigenvalue weighted by Crippen LogP contribution is -2.28. The number of hydrogen-bond acceptors (Lipinski definition) is 5. The largest absolute Gasteiger partial charge is 0.393 e. The predicted octanol–water partition coefficient (Wildman–Crippen LogP) is 1.97. The molecule has 2 aliphatic carbocycles. The van der Waals surface area contributed by atoms with Crippen molar-refractivity contribution in [2.45, 2.75) is 95.9 Å². The normalized spacial score (nSPS) is 34.7. The maximum absolute atomic E-state index is 9.28. The molecular weight excluding hydrogens is 272 g/mol. The van der Waals surface area contributed by atoms with Crippen LogP contribution >= 0.6 is 0 Å². The molecule has 0 aliphatic heterocycles. The fourth-order valence-electron chi connectivity index (χ4n) is 2.78. The molecule has 2 rings (SSSR count). The Morgan fingerprint density at radius 1 is 0.810 bits per heavy atom. The Balaban J connectivity index is 0.000000235. The number of hydrogen-bond donors (Lipinski definition) is 3. The average molecular weight is 304 g/mol. The third-order valence-electron chi connectivity index (χ3n) is 4.10. The maximum Gasteiger partial charge on any atom is 0.155 e. The van der Waals surface area contributed by atoms with Crippen LogP contribution in [0.1, 0.15) is 65.2 Å². The molecular formula is C16H32O5. The fraction of sp³-hybridized carbons (Fsp3) is 1.00. The Morgan fingerprint density at radius 2 is 1.19 bits per heavy atom. The van der Waals surface area contributed by atoms with E-state index in [0.29, 0.717) is 6.61 Å². The molecule has 0 spiro atoms. The van der Waals surface area contributed by atoms with Crippen molar-refractivity contribution in [3.05, 3.63) is 0 Å². The van der Waals surface area contributed by atoms with Crippen LogP contribution in [0.25, 0.3) is 0 Å². The second-order valence-electron chi connectivity index (χ2n) is 6.05. The number of rotatable bonds is 4. The molecule has 2 aliphatic rings. The molecule has 126 valence electrons. The number of ether oxygens (including phenoxy) is 2. The third-order valence-corrected chi connectivity index (χ3v) is 4.10. The van der Waals surface area contributed by atoms with Gasteiger partial charge in [0.25, 0.3) is 0 Å². The monoisotopic (exact) mass is 304 g/mol. The van der Waals surface area contributed by atoms with Gasteiger partial charge in [0.05, 0.1) is 24.4 Å². The van der Waals surface area contributed by atoms with Crippen LogP contribution in [0.4, 0.5) is 0 Å². The van der Waals surface area contributed by atoms with Crippen LogP contribution in [0.15, 0.2) is 0 Å². The van der Waals surface area contributed by atoms with Gasteiger partial charge in [-0.2, -0.15) is 0 Å². The minimum atomic E-state index is -0.140. The van der Waals surface area contributed by atoms with Crippen LogP contribution in [-0.2, 0) is 9.47 Å². The molecule has 1 unspecified atom stereocenters. The summed E-state index contributed by atoms with van der Waals surface area (Å²) in [5, 5.41) is 27.1. The summed E-state index contributed by atoms with van der Waals surface area (Å²) >= 11 is 0. The summed E-state index contributed by atoms with van der Waals surface area (Å²) in [6.07, 6.45) is 6.55. The molecule has 0 bridgehead atoms. The first kappa shape index (κ1) is 18.8. The first-order chi connectivity index (χ1) is 10.0. The maximum atomic E-state index is 9.28. The number of aliphatic hydroxyl groups is 3. The molecule has 2 saturated carbocycles. The molecule has 21 heavy (non-hydrogen) atoms. The Morgan fingerprint density at radius 3 is 1.57 bits per heavy atom. The molecule has 2 fully saturated rings. The molecule has 0 saturated heterocycles. The average Bonchev–Trinajstić information content (AvgIpc) is 2.46. The molecule has 1 atom stereocenters. The van der Waals surface area contributed by atoms with Crippen molar-refractivity contribution in [2.75, 3.05) is 6.61 Å². The molecule has 3 N–H and O–H groups in total. The highest BCUT2D eigenvalue weighted by Gasteiger charge is 2.21. The molecule has 5 nitrogen and oxygen atoms in total. The summed E-state index contributed by atoms with van der Waals surface area (Å²) in [7, 11) is 0. The summed E-state index contributed by atoms with van der Waals surface area (Å²) in [5.41, 5.74) is 0. The lowest BCUT2D eigenvalue weighted by Gasteiger charge is -2.27. The van der Waals surface area contributed by atoms with Crippen LogP contribution in [0.5, 0.6) is 0 Å². The lowest BCUT2D eigenvalue weighted by molar-refractivity contribution is -0.167. The van der Waals surface area contributed by atoms with Gasteiger partial charge < -0.3 is 24.8 Å². The molecule has 0 heterocycles. The van der Waals surface area contributed by atoms with Gasteiger partial charge >= 0.3 is 0 Å². The quantitative estimate of drug-likeness (QED) is 0.692. The van der Waals surface area contributed by atoms with E-state index >= 15 is 0 Å². The van der Waals surface area contributed by atoms with Crippen molar-refractivity contribution in [2.24, 2.45) is 0 Å². The van der Waals surface area contributed by atoms with Crippen LogP contribution in [0.3, 0.4) is 0 Å². The van der Waals surface area contributed by atoms with Crippen molar-refractivity contribution in [3.8, 4) is 0 Å². The molecule has 0 amide bonds. The highest BCUT2D eigenvalue weighted by molar-refractivity contribution is 4.71. The summed E-state index contributed by atoms with van der Waals surface area (Å²) in [4.78, 5) is 0. The van der Waals surface area contributed by atoms with E-state index in [1.54, 1.807) is 0 Å². The molecule has 0 radical (unpaired) electrons. The smallest absolute Gasteiger partial charge is 0.155 e. The van der Waals surface area contributed by atoms with E-state index in [2.05, 4.69) is 0 Å². The molecule has 5 heteroatoms. The van der Waals surface area contributed by atoms with Crippen molar-refractivity contribution >= 4 is 0 Å². The molecule has 0 aromatic heterocycles. The summed E-state index contributed by atoms with van der Waals surface area (Å²) in [6.45, 7) is 4.58. The second-order valence-corrected chi connectivity index (χ2v) is 6.05. The van der Waals surface area contributed by atoms with Crippen LogP contribution in [0, 0.1) is 0 Å². The minimum absolute atomic E-state index is 0.106. The summed E-state index contributed by atoms with van der Waals surface area (Å²) in [5.74, 6) is 0. The minimum Gasteiger partial charge on any atom is -0.393 e. The zero-order valence-corrected chi connectivity index (χ0v) is 13.4. The van der Waals surface area contributed by atoms with E-state index in [-0.39, 0.29) is 30.7 Å². The zero-order valence-electron chi connectivity index (χ0n) is 13.4. The predicted molar refractivity (Wildman–Crippen MR) is 80.9 cm³/mol. The highest BCUT2D eigenvalue weighted by atomic mass is 16.7. The van der Waals surface area contributed by atoms with E-state index in [1.165, 1.54) is 0 Å². The van der Waals surface area contributed by atoms with Gasteiger partial charge in [-0.3, -0.25) is 0 Å². The Hall–Kier alpha value is -0.200. The first-order valence-electron chi connectivity index (χ1n) is 8.32. The van der Waals surface area contributed by atoms with Gasteiger partial charge in [0.15, 0.2) is 6.29 Å². The SMILES string of the molecule is CCOC(C)OC1CCC(O)CC1.OC1CCC(O)CC1. The lowest BCUT2D eigenvalue weighted by atomic mass is 9.95. The number of aliphatic hydroxyl groups excluding tert-OH is 3. The van der Waals surface area contributed by atoms with Gasteiger partial charge in [-0.25, -0.2) is 0 Å². The zero-order chi connectivity index (χ0) is 15.7. The van der Waals surface area contributed by atoms with Gasteiger partial charge in [0.1, 0.15) is 0 Å².